The minimum Gasteiger partial charge on any atom is -0.385 e. The molecule has 0 atom stereocenters. The molecule has 1 aliphatic heterocycles. The van der Waals surface area contributed by atoms with E-state index in [0.717, 1.165) is 51.1 Å². The van der Waals surface area contributed by atoms with Crippen LogP contribution in [-0.4, -0.2) is 38.6 Å². The number of Topliss-reactive ketones (excluding diaryl/α,β-unsaturated/α-hetero) is 1. The third kappa shape index (κ3) is 4.32. The predicted molar refractivity (Wildman–Crippen MR) is 81.6 cm³/mol. The SMILES string of the molecule is CCOCCCNCC(=O)c1ccc2c(c1)CCCN2. The molecule has 0 aromatic heterocycles. The van der Waals surface area contributed by atoms with Crippen molar-refractivity contribution >= 4 is 11.5 Å². The minimum absolute atomic E-state index is 0.162. The van der Waals surface area contributed by atoms with E-state index < -0.39 is 0 Å². The second-order valence-electron chi connectivity index (χ2n) is 5.05. The number of ether oxygens (including phenoxy) is 1. The minimum atomic E-state index is 0.162. The summed E-state index contributed by atoms with van der Waals surface area (Å²) in [6.45, 7) is 5.74. The Morgan fingerprint density at radius 2 is 2.35 bits per heavy atom. The zero-order valence-electron chi connectivity index (χ0n) is 12.2. The Morgan fingerprint density at radius 3 is 3.20 bits per heavy atom. The maximum absolute atomic E-state index is 12.1. The van der Waals surface area contributed by atoms with E-state index in [2.05, 4.69) is 10.6 Å². The first-order chi connectivity index (χ1) is 9.81. The molecule has 1 aromatic carbocycles. The standard InChI is InChI=1S/C16H24N2O2/c1-2-20-10-4-8-17-12-16(19)14-6-7-15-13(11-14)5-3-9-18-15/h6-7,11,17-18H,2-5,8-10,12H2,1H3. The van der Waals surface area contributed by atoms with E-state index in [1.54, 1.807) is 0 Å². The molecule has 0 unspecified atom stereocenters. The van der Waals surface area contributed by atoms with Crippen LogP contribution >= 0.6 is 0 Å². The lowest BCUT2D eigenvalue weighted by Crippen LogP contribution is -2.25. The van der Waals surface area contributed by atoms with Crippen molar-refractivity contribution in [3.63, 3.8) is 0 Å². The summed E-state index contributed by atoms with van der Waals surface area (Å²) in [6.07, 6.45) is 3.14. The van der Waals surface area contributed by atoms with Gasteiger partial charge in [-0.2, -0.15) is 0 Å². The molecule has 1 aliphatic rings. The fourth-order valence-electron chi connectivity index (χ4n) is 2.40. The summed E-state index contributed by atoms with van der Waals surface area (Å²) in [6, 6.07) is 5.98. The van der Waals surface area contributed by atoms with E-state index >= 15 is 0 Å². The predicted octanol–water partition coefficient (Wildman–Crippen LogP) is 2.24. The lowest BCUT2D eigenvalue weighted by molar-refractivity contribution is 0.0988. The molecule has 0 saturated carbocycles. The monoisotopic (exact) mass is 276 g/mol. The summed E-state index contributed by atoms with van der Waals surface area (Å²) < 4.78 is 5.26. The van der Waals surface area contributed by atoms with Crippen LogP contribution in [0.1, 0.15) is 35.7 Å². The number of fused-ring (bicyclic) bond motifs is 1. The summed E-state index contributed by atoms with van der Waals surface area (Å²) in [5, 5.41) is 6.54. The highest BCUT2D eigenvalue weighted by Gasteiger charge is 2.12. The van der Waals surface area contributed by atoms with Crippen LogP contribution in [-0.2, 0) is 11.2 Å². The molecule has 0 spiro atoms. The van der Waals surface area contributed by atoms with Crippen LogP contribution in [0.25, 0.3) is 0 Å². The van der Waals surface area contributed by atoms with Crippen molar-refractivity contribution in [1.82, 2.24) is 5.32 Å². The highest BCUT2D eigenvalue weighted by molar-refractivity contribution is 5.98. The van der Waals surface area contributed by atoms with Gasteiger partial charge < -0.3 is 15.4 Å². The zero-order valence-corrected chi connectivity index (χ0v) is 12.2. The van der Waals surface area contributed by atoms with Gasteiger partial charge in [0.25, 0.3) is 0 Å². The van der Waals surface area contributed by atoms with Crippen molar-refractivity contribution in [3.05, 3.63) is 29.3 Å². The number of ketones is 1. The summed E-state index contributed by atoms with van der Waals surface area (Å²) in [4.78, 5) is 12.1. The van der Waals surface area contributed by atoms with Gasteiger partial charge in [-0.05, 0) is 56.5 Å². The van der Waals surface area contributed by atoms with E-state index in [0.29, 0.717) is 6.54 Å². The molecule has 1 aromatic rings. The molecular weight excluding hydrogens is 252 g/mol. The lowest BCUT2D eigenvalue weighted by atomic mass is 9.99. The number of nitrogens with one attached hydrogen (secondary N) is 2. The van der Waals surface area contributed by atoms with Crippen LogP contribution in [0.15, 0.2) is 18.2 Å². The molecule has 1 heterocycles. The fraction of sp³-hybridized carbons (Fsp3) is 0.562. The molecular formula is C16H24N2O2. The molecule has 4 nitrogen and oxygen atoms in total. The Labute approximate surface area is 120 Å². The zero-order chi connectivity index (χ0) is 14.2. The largest absolute Gasteiger partial charge is 0.385 e. The van der Waals surface area contributed by atoms with E-state index in [1.807, 2.05) is 25.1 Å². The molecule has 0 bridgehead atoms. The molecule has 0 aliphatic carbocycles. The molecule has 2 N–H and O–H groups in total. The van der Waals surface area contributed by atoms with Crippen LogP contribution in [0.5, 0.6) is 0 Å². The number of rotatable bonds is 8. The summed E-state index contributed by atoms with van der Waals surface area (Å²) >= 11 is 0. The van der Waals surface area contributed by atoms with E-state index in [1.165, 1.54) is 11.3 Å². The average molecular weight is 276 g/mol. The Morgan fingerprint density at radius 1 is 1.45 bits per heavy atom. The second kappa shape index (κ2) is 8.02. The third-order valence-electron chi connectivity index (χ3n) is 3.50. The van der Waals surface area contributed by atoms with Crippen LogP contribution in [0.2, 0.25) is 0 Å². The normalized spacial score (nSPS) is 13.7. The number of carbonyl (C=O) groups is 1. The molecule has 2 rings (SSSR count). The van der Waals surface area contributed by atoms with E-state index in [-0.39, 0.29) is 5.78 Å². The van der Waals surface area contributed by atoms with Gasteiger partial charge in [-0.25, -0.2) is 0 Å². The van der Waals surface area contributed by atoms with Gasteiger partial charge in [-0.3, -0.25) is 4.79 Å². The van der Waals surface area contributed by atoms with Crippen LogP contribution in [0.3, 0.4) is 0 Å². The van der Waals surface area contributed by atoms with Crippen LogP contribution in [0, 0.1) is 0 Å². The van der Waals surface area contributed by atoms with E-state index in [4.69, 9.17) is 4.74 Å². The number of anilines is 1. The molecule has 0 radical (unpaired) electrons. The van der Waals surface area contributed by atoms with Crippen molar-refractivity contribution in [2.45, 2.75) is 26.2 Å². The van der Waals surface area contributed by atoms with Crippen molar-refractivity contribution in [2.75, 3.05) is 38.2 Å². The number of hydrogen-bond donors (Lipinski definition) is 2. The molecule has 20 heavy (non-hydrogen) atoms. The summed E-state index contributed by atoms with van der Waals surface area (Å²) in [7, 11) is 0. The maximum atomic E-state index is 12.1. The molecule has 0 amide bonds. The van der Waals surface area contributed by atoms with Gasteiger partial charge in [0.15, 0.2) is 5.78 Å². The number of benzene rings is 1. The van der Waals surface area contributed by atoms with Crippen molar-refractivity contribution in [2.24, 2.45) is 0 Å². The van der Waals surface area contributed by atoms with Crippen molar-refractivity contribution in [1.29, 1.82) is 0 Å². The van der Waals surface area contributed by atoms with Gasteiger partial charge in [0, 0.05) is 31.0 Å². The fourth-order valence-corrected chi connectivity index (χ4v) is 2.40. The first-order valence-corrected chi connectivity index (χ1v) is 7.49. The smallest absolute Gasteiger partial charge is 0.176 e. The van der Waals surface area contributed by atoms with Gasteiger partial charge >= 0.3 is 0 Å². The van der Waals surface area contributed by atoms with Gasteiger partial charge in [-0.15, -0.1) is 0 Å². The van der Waals surface area contributed by atoms with E-state index in [9.17, 15) is 4.79 Å². The van der Waals surface area contributed by atoms with Crippen LogP contribution < -0.4 is 10.6 Å². The Kier molecular flexibility index (Phi) is 6.02. The lowest BCUT2D eigenvalue weighted by Gasteiger charge is -2.18. The average Bonchev–Trinajstić information content (AvgIpc) is 2.50. The highest BCUT2D eigenvalue weighted by Crippen LogP contribution is 2.22. The molecule has 110 valence electrons. The quantitative estimate of drug-likeness (QED) is 0.565. The Hall–Kier alpha value is -1.39. The van der Waals surface area contributed by atoms with Gasteiger partial charge in [0.05, 0.1) is 6.54 Å². The summed E-state index contributed by atoms with van der Waals surface area (Å²) in [5.41, 5.74) is 3.25. The van der Waals surface area contributed by atoms with Crippen molar-refractivity contribution in [3.8, 4) is 0 Å². The molecule has 0 saturated heterocycles. The first kappa shape index (κ1) is 15.0. The highest BCUT2D eigenvalue weighted by atomic mass is 16.5. The topological polar surface area (TPSA) is 50.4 Å². The molecule has 0 fully saturated rings. The summed E-state index contributed by atoms with van der Waals surface area (Å²) in [5.74, 6) is 0.162. The maximum Gasteiger partial charge on any atom is 0.176 e. The van der Waals surface area contributed by atoms with Crippen LogP contribution in [0.4, 0.5) is 5.69 Å². The number of carbonyl (C=O) groups excluding carboxylic acids is 1. The number of hydrogen-bond acceptors (Lipinski definition) is 4. The second-order valence-corrected chi connectivity index (χ2v) is 5.05. The molecule has 4 heteroatoms. The Bertz CT molecular complexity index is 446. The first-order valence-electron chi connectivity index (χ1n) is 7.49. The van der Waals surface area contributed by atoms with Crippen molar-refractivity contribution < 1.29 is 9.53 Å². The van der Waals surface area contributed by atoms with Gasteiger partial charge in [0.2, 0.25) is 0 Å². The van der Waals surface area contributed by atoms with Gasteiger partial charge in [0.1, 0.15) is 0 Å². The Balaban J connectivity index is 1.77. The van der Waals surface area contributed by atoms with Gasteiger partial charge in [-0.1, -0.05) is 0 Å². The number of aryl methyl sites for hydroxylation is 1. The third-order valence-corrected chi connectivity index (χ3v) is 3.50.